The van der Waals surface area contributed by atoms with Gasteiger partial charge in [0.2, 0.25) is 0 Å². The Morgan fingerprint density at radius 3 is 2.29 bits per heavy atom. The van der Waals surface area contributed by atoms with Gasteiger partial charge in [-0.2, -0.15) is 0 Å². The van der Waals surface area contributed by atoms with Crippen molar-refractivity contribution in [3.05, 3.63) is 78.0 Å². The van der Waals surface area contributed by atoms with Gasteiger partial charge in [0.25, 0.3) is 0 Å². The lowest BCUT2D eigenvalue weighted by atomic mass is 9.94. The Morgan fingerprint density at radius 1 is 0.978 bits per heavy atom. The molecule has 45 heavy (non-hydrogen) atoms. The van der Waals surface area contributed by atoms with Gasteiger partial charge < -0.3 is 24.8 Å². The van der Waals surface area contributed by atoms with E-state index in [2.05, 4.69) is 22.1 Å². The van der Waals surface area contributed by atoms with Crippen LogP contribution in [0, 0.1) is 11.6 Å². The molecule has 1 saturated carbocycles. The van der Waals surface area contributed by atoms with Crippen molar-refractivity contribution in [1.82, 2.24) is 20.4 Å². The topological polar surface area (TPSA) is 109 Å². The second kappa shape index (κ2) is 18.1. The van der Waals surface area contributed by atoms with Gasteiger partial charge in [-0.1, -0.05) is 50.1 Å². The third-order valence-corrected chi connectivity index (χ3v) is 7.88. The molecule has 2 aliphatic rings. The first-order valence-corrected chi connectivity index (χ1v) is 15.1. The molecule has 4 rings (SSSR count). The molecule has 2 aromatic rings. The van der Waals surface area contributed by atoms with E-state index in [9.17, 15) is 23.2 Å². The van der Waals surface area contributed by atoms with Gasteiger partial charge in [0.15, 0.2) is 11.6 Å². The molecule has 1 aliphatic carbocycles. The minimum Gasteiger partial charge on any atom is -0.497 e. The van der Waals surface area contributed by atoms with Crippen molar-refractivity contribution in [2.75, 3.05) is 41.0 Å². The number of benzene rings is 2. The average molecular weight is 631 g/mol. The fourth-order valence-electron chi connectivity index (χ4n) is 5.60. The summed E-state index contributed by atoms with van der Waals surface area (Å²) in [5.41, 5.74) is 0.235. The van der Waals surface area contributed by atoms with Gasteiger partial charge in [-0.05, 0) is 49.1 Å². The highest BCUT2D eigenvalue weighted by Gasteiger charge is 2.37. The number of nitrogens with zero attached hydrogens (tertiary/aromatic N) is 2. The SMILES string of the molecule is C=C(COC)NC(=O)N(C(=O)NC1CCN(C2CCCCC2)C1)C(CC(=O)OC)c1ccc(F)c(F)c1.COc1ccccc1. The molecule has 10 nitrogen and oxygen atoms in total. The summed E-state index contributed by atoms with van der Waals surface area (Å²) in [6.07, 6.45) is 6.15. The molecule has 4 amide bonds. The van der Waals surface area contributed by atoms with E-state index >= 15 is 0 Å². The normalized spacial score (nSPS) is 17.3. The summed E-state index contributed by atoms with van der Waals surface area (Å²) in [7, 11) is 4.24. The van der Waals surface area contributed by atoms with Crippen molar-refractivity contribution in [3.8, 4) is 5.75 Å². The van der Waals surface area contributed by atoms with Crippen molar-refractivity contribution in [2.45, 2.75) is 63.1 Å². The molecule has 1 saturated heterocycles. The first-order valence-electron chi connectivity index (χ1n) is 15.1. The van der Waals surface area contributed by atoms with Crippen LogP contribution in [-0.2, 0) is 14.3 Å². The minimum absolute atomic E-state index is 0.00693. The van der Waals surface area contributed by atoms with Gasteiger partial charge in [0, 0.05) is 38.0 Å². The highest BCUT2D eigenvalue weighted by atomic mass is 19.2. The van der Waals surface area contributed by atoms with Crippen molar-refractivity contribution >= 4 is 18.0 Å². The monoisotopic (exact) mass is 630 g/mol. The maximum atomic E-state index is 14.1. The summed E-state index contributed by atoms with van der Waals surface area (Å²) in [6, 6.07) is 10.00. The van der Waals surface area contributed by atoms with E-state index in [1.165, 1.54) is 32.4 Å². The zero-order chi connectivity index (χ0) is 32.8. The van der Waals surface area contributed by atoms with Crippen LogP contribution in [0.1, 0.15) is 56.6 Å². The quantitative estimate of drug-likeness (QED) is 0.331. The zero-order valence-corrected chi connectivity index (χ0v) is 26.2. The third-order valence-electron chi connectivity index (χ3n) is 7.88. The van der Waals surface area contributed by atoms with Crippen LogP contribution >= 0.6 is 0 Å². The Kier molecular flexibility index (Phi) is 14.2. The predicted molar refractivity (Wildman–Crippen MR) is 165 cm³/mol. The van der Waals surface area contributed by atoms with Crippen LogP contribution in [0.25, 0.3) is 0 Å². The van der Waals surface area contributed by atoms with Gasteiger partial charge in [-0.3, -0.25) is 9.69 Å². The number of rotatable bonds is 10. The largest absolute Gasteiger partial charge is 0.497 e. The summed E-state index contributed by atoms with van der Waals surface area (Å²) in [5.74, 6) is -2.09. The number of hydrogen-bond donors (Lipinski definition) is 2. The third kappa shape index (κ3) is 10.8. The first-order chi connectivity index (χ1) is 21.7. The number of methoxy groups -OCH3 is 3. The second-order valence-corrected chi connectivity index (χ2v) is 11.0. The molecule has 2 fully saturated rings. The number of carbonyl (C=O) groups excluding carboxylic acids is 3. The summed E-state index contributed by atoms with van der Waals surface area (Å²) >= 11 is 0. The lowest BCUT2D eigenvalue weighted by Crippen LogP contribution is -2.53. The number of urea groups is 2. The number of likely N-dealkylation sites (tertiary alicyclic amines) is 1. The van der Waals surface area contributed by atoms with Gasteiger partial charge in [0.05, 0.1) is 33.3 Å². The molecular formula is C33H44F2N4O6. The van der Waals surface area contributed by atoms with Crippen molar-refractivity contribution in [3.63, 3.8) is 0 Å². The smallest absolute Gasteiger partial charge is 0.330 e. The number of nitrogens with one attached hydrogen (secondary N) is 2. The van der Waals surface area contributed by atoms with E-state index in [0.29, 0.717) is 19.0 Å². The van der Waals surface area contributed by atoms with E-state index in [0.717, 1.165) is 49.3 Å². The molecule has 0 bridgehead atoms. The summed E-state index contributed by atoms with van der Waals surface area (Å²) in [6.45, 7) is 5.18. The average Bonchev–Trinajstić information content (AvgIpc) is 3.51. The van der Waals surface area contributed by atoms with Crippen LogP contribution in [-0.4, -0.2) is 80.9 Å². The highest BCUT2D eigenvalue weighted by molar-refractivity contribution is 5.95. The van der Waals surface area contributed by atoms with E-state index in [1.807, 2.05) is 30.3 Å². The summed E-state index contributed by atoms with van der Waals surface area (Å²) in [4.78, 5) is 42.3. The number of esters is 1. The van der Waals surface area contributed by atoms with Crippen LogP contribution in [0.5, 0.6) is 5.75 Å². The fraction of sp³-hybridized carbons (Fsp3) is 0.485. The minimum atomic E-state index is -1.27. The number of hydrogen-bond acceptors (Lipinski definition) is 7. The molecule has 1 heterocycles. The van der Waals surface area contributed by atoms with Crippen LogP contribution in [0.3, 0.4) is 0 Å². The number of halogens is 2. The fourth-order valence-corrected chi connectivity index (χ4v) is 5.60. The molecular weight excluding hydrogens is 586 g/mol. The standard InChI is InChI=1S/C26H36F2N4O5.C7H8O/c1-17(16-36-2)29-25(34)32(23(14-24(33)37-3)18-9-10-21(27)22(28)13-18)26(35)30-19-11-12-31(15-19)20-7-5-4-6-8-20;1-8-7-5-3-2-4-6-7/h9-10,13,19-20,23H,1,4-8,11-12,14-16H2,2-3H3,(H,29,34)(H,30,35);2-6H,1H3. The maximum absolute atomic E-state index is 14.1. The molecule has 2 aromatic carbocycles. The molecule has 0 spiro atoms. The second-order valence-electron chi connectivity index (χ2n) is 11.0. The molecule has 0 aromatic heterocycles. The van der Waals surface area contributed by atoms with Gasteiger partial charge >= 0.3 is 18.0 Å². The van der Waals surface area contributed by atoms with Gasteiger partial charge in [0.1, 0.15) is 5.75 Å². The zero-order valence-electron chi connectivity index (χ0n) is 26.2. The number of imide groups is 1. The molecule has 0 radical (unpaired) electrons. The summed E-state index contributed by atoms with van der Waals surface area (Å²) < 4.78 is 42.4. The number of carbonyl (C=O) groups is 3. The van der Waals surface area contributed by atoms with E-state index in [4.69, 9.17) is 14.2 Å². The van der Waals surface area contributed by atoms with Crippen LogP contribution < -0.4 is 15.4 Å². The maximum Gasteiger partial charge on any atom is 0.330 e. The van der Waals surface area contributed by atoms with Gasteiger partial charge in [-0.15, -0.1) is 0 Å². The lowest BCUT2D eigenvalue weighted by molar-refractivity contribution is -0.141. The lowest BCUT2D eigenvalue weighted by Gasteiger charge is -2.32. The van der Waals surface area contributed by atoms with E-state index < -0.39 is 42.1 Å². The molecule has 2 N–H and O–H groups in total. The van der Waals surface area contributed by atoms with E-state index in [1.54, 1.807) is 7.11 Å². The Hall–Kier alpha value is -4.03. The predicted octanol–water partition coefficient (Wildman–Crippen LogP) is 5.55. The molecule has 246 valence electrons. The van der Waals surface area contributed by atoms with E-state index in [-0.39, 0.29) is 23.9 Å². The van der Waals surface area contributed by atoms with Crippen molar-refractivity contribution < 1.29 is 37.4 Å². The number of ether oxygens (including phenoxy) is 3. The Labute approximate surface area is 263 Å². The molecule has 2 unspecified atom stereocenters. The van der Waals surface area contributed by atoms with Crippen LogP contribution in [0.2, 0.25) is 0 Å². The molecule has 12 heteroatoms. The Bertz CT molecular complexity index is 1280. The number of para-hydroxylation sites is 1. The molecule has 2 atom stereocenters. The molecule has 1 aliphatic heterocycles. The first kappa shape index (κ1) is 35.4. The van der Waals surface area contributed by atoms with Crippen LogP contribution in [0.4, 0.5) is 18.4 Å². The summed E-state index contributed by atoms with van der Waals surface area (Å²) in [5, 5.41) is 5.40. The Balaban J connectivity index is 0.000000598. The van der Waals surface area contributed by atoms with Gasteiger partial charge in [-0.25, -0.2) is 23.3 Å². The van der Waals surface area contributed by atoms with Crippen molar-refractivity contribution in [2.24, 2.45) is 0 Å². The van der Waals surface area contributed by atoms with Crippen LogP contribution in [0.15, 0.2) is 60.8 Å². The highest BCUT2D eigenvalue weighted by Crippen LogP contribution is 2.29. The van der Waals surface area contributed by atoms with Crippen molar-refractivity contribution in [1.29, 1.82) is 0 Å². The Morgan fingerprint density at radius 2 is 1.69 bits per heavy atom. The number of amides is 4.